The van der Waals surface area contributed by atoms with Gasteiger partial charge in [0.2, 0.25) is 5.89 Å². The molecule has 5 rings (SSSR count). The van der Waals surface area contributed by atoms with Crippen LogP contribution in [0.2, 0.25) is 0 Å². The van der Waals surface area contributed by atoms with Crippen LogP contribution < -0.4 is 0 Å². The van der Waals surface area contributed by atoms with Gasteiger partial charge in [-0.2, -0.15) is 4.98 Å². The molecule has 1 saturated carbocycles. The molecule has 1 aromatic heterocycles. The second-order valence-electron chi connectivity index (χ2n) is 8.10. The average molecular weight is 316 g/mol. The smallest absolute Gasteiger partial charge is 0.223 e. The predicted octanol–water partition coefficient (Wildman–Crippen LogP) is 2.49. The SMILES string of the molecule is Cc1nc(CN2CCN(CC3=CC[C@H]4C[C@@H]3C4(C)C)CC2)no1. The van der Waals surface area contributed by atoms with Crippen molar-refractivity contribution in [1.29, 1.82) is 0 Å². The fourth-order valence-corrected chi connectivity index (χ4v) is 4.63. The lowest BCUT2D eigenvalue weighted by molar-refractivity contribution is -0.0121. The number of piperazine rings is 1. The minimum atomic E-state index is 0.544. The van der Waals surface area contributed by atoms with E-state index in [0.29, 0.717) is 11.3 Å². The van der Waals surface area contributed by atoms with E-state index in [4.69, 9.17) is 4.52 Å². The van der Waals surface area contributed by atoms with Gasteiger partial charge in [0.1, 0.15) is 0 Å². The second kappa shape index (κ2) is 5.71. The minimum Gasteiger partial charge on any atom is -0.340 e. The Hall–Kier alpha value is -1.20. The molecule has 1 aromatic rings. The van der Waals surface area contributed by atoms with E-state index >= 15 is 0 Å². The highest BCUT2D eigenvalue weighted by molar-refractivity contribution is 5.24. The van der Waals surface area contributed by atoms with Crippen molar-refractivity contribution in [2.75, 3.05) is 32.7 Å². The third-order valence-electron chi connectivity index (χ3n) is 6.39. The van der Waals surface area contributed by atoms with Crippen molar-refractivity contribution >= 4 is 0 Å². The van der Waals surface area contributed by atoms with Crippen molar-refractivity contribution in [3.63, 3.8) is 0 Å². The van der Waals surface area contributed by atoms with Crippen molar-refractivity contribution in [1.82, 2.24) is 19.9 Å². The Morgan fingerprint density at radius 1 is 1.17 bits per heavy atom. The van der Waals surface area contributed by atoms with Gasteiger partial charge in [-0.25, -0.2) is 0 Å². The highest BCUT2D eigenvalue weighted by Gasteiger charge is 2.51. The van der Waals surface area contributed by atoms with Crippen LogP contribution >= 0.6 is 0 Å². The first-order valence-corrected chi connectivity index (χ1v) is 8.95. The number of nitrogens with zero attached hydrogens (tertiary/aromatic N) is 4. The van der Waals surface area contributed by atoms with E-state index in [1.165, 1.54) is 19.4 Å². The molecule has 1 saturated heterocycles. The molecular weight excluding hydrogens is 288 g/mol. The zero-order valence-electron chi connectivity index (χ0n) is 14.6. The molecule has 2 fully saturated rings. The number of hydrogen-bond acceptors (Lipinski definition) is 5. The van der Waals surface area contributed by atoms with E-state index in [0.717, 1.165) is 50.4 Å². The summed E-state index contributed by atoms with van der Waals surface area (Å²) in [5.41, 5.74) is 2.25. The first-order valence-electron chi connectivity index (χ1n) is 8.95. The number of aryl methyl sites for hydroxylation is 1. The molecule has 3 aliphatic carbocycles. The molecule has 5 heteroatoms. The summed E-state index contributed by atoms with van der Waals surface area (Å²) in [4.78, 5) is 9.36. The van der Waals surface area contributed by atoms with Crippen molar-refractivity contribution in [2.24, 2.45) is 17.3 Å². The van der Waals surface area contributed by atoms with Crippen LogP contribution in [0.15, 0.2) is 16.2 Å². The number of fused-ring (bicyclic) bond motifs is 1. The van der Waals surface area contributed by atoms with Gasteiger partial charge in [0.05, 0.1) is 6.54 Å². The lowest BCUT2D eigenvalue weighted by Crippen LogP contribution is -2.52. The van der Waals surface area contributed by atoms with Crippen molar-refractivity contribution < 1.29 is 4.52 Å². The maximum absolute atomic E-state index is 5.06. The van der Waals surface area contributed by atoms with Crippen LogP contribution in [0.1, 0.15) is 38.4 Å². The van der Waals surface area contributed by atoms with Gasteiger partial charge in [-0.3, -0.25) is 9.80 Å². The highest BCUT2D eigenvalue weighted by Crippen LogP contribution is 2.59. The summed E-state index contributed by atoms with van der Waals surface area (Å²) in [6.07, 6.45) is 5.27. The van der Waals surface area contributed by atoms with Gasteiger partial charge in [-0.05, 0) is 30.1 Å². The Balaban J connectivity index is 1.28. The lowest BCUT2D eigenvalue weighted by Gasteiger charge is -2.57. The van der Waals surface area contributed by atoms with Crippen molar-refractivity contribution in [3.8, 4) is 0 Å². The molecular formula is C18H28N4O. The van der Waals surface area contributed by atoms with Gasteiger partial charge in [0, 0.05) is 39.6 Å². The van der Waals surface area contributed by atoms with E-state index in [1.807, 2.05) is 6.92 Å². The molecule has 0 N–H and O–H groups in total. The monoisotopic (exact) mass is 316 g/mol. The number of rotatable bonds is 4. The Labute approximate surface area is 138 Å². The molecule has 0 spiro atoms. The van der Waals surface area contributed by atoms with Crippen molar-refractivity contribution in [3.05, 3.63) is 23.4 Å². The summed E-state index contributed by atoms with van der Waals surface area (Å²) in [6, 6.07) is 0. The molecule has 1 aliphatic heterocycles. The van der Waals surface area contributed by atoms with Crippen LogP contribution in [-0.2, 0) is 6.54 Å². The van der Waals surface area contributed by atoms with Gasteiger partial charge in [-0.15, -0.1) is 0 Å². The largest absolute Gasteiger partial charge is 0.340 e. The average Bonchev–Trinajstić information content (AvgIpc) is 2.94. The van der Waals surface area contributed by atoms with Crippen molar-refractivity contribution in [2.45, 2.75) is 40.2 Å². The van der Waals surface area contributed by atoms with Crippen LogP contribution in [0.4, 0.5) is 0 Å². The van der Waals surface area contributed by atoms with Crippen LogP contribution in [0.25, 0.3) is 0 Å². The zero-order valence-corrected chi connectivity index (χ0v) is 14.6. The van der Waals surface area contributed by atoms with Gasteiger partial charge >= 0.3 is 0 Å². The standard InChI is InChI=1S/C18H28N4O/c1-13-19-17(20-23-13)12-22-8-6-21(7-9-22)11-14-4-5-15-10-16(14)18(15,2)3/h4,15-16H,5-12H2,1-3H3/t15-,16-/m0/s1. The summed E-state index contributed by atoms with van der Waals surface area (Å²) >= 11 is 0. The maximum Gasteiger partial charge on any atom is 0.223 e. The first kappa shape index (κ1) is 15.3. The predicted molar refractivity (Wildman–Crippen MR) is 88.8 cm³/mol. The molecule has 0 radical (unpaired) electrons. The second-order valence-corrected chi connectivity index (χ2v) is 8.10. The summed E-state index contributed by atoms with van der Waals surface area (Å²) in [5.74, 6) is 3.24. The Kier molecular flexibility index (Phi) is 3.81. The molecule has 0 aromatic carbocycles. The van der Waals surface area contributed by atoms with Crippen LogP contribution in [0.5, 0.6) is 0 Å². The topological polar surface area (TPSA) is 45.4 Å². The fraction of sp³-hybridized carbons (Fsp3) is 0.778. The summed E-state index contributed by atoms with van der Waals surface area (Å²) in [6.45, 7) is 13.2. The number of hydrogen-bond donors (Lipinski definition) is 0. The summed E-state index contributed by atoms with van der Waals surface area (Å²) in [5, 5.41) is 4.00. The van der Waals surface area contributed by atoms with E-state index in [1.54, 1.807) is 5.57 Å². The normalized spacial score (nSPS) is 30.8. The zero-order chi connectivity index (χ0) is 16.0. The van der Waals surface area contributed by atoms with Crippen LogP contribution in [-0.4, -0.2) is 52.7 Å². The molecule has 2 bridgehead atoms. The molecule has 0 unspecified atom stereocenters. The Morgan fingerprint density at radius 3 is 2.43 bits per heavy atom. The third-order valence-corrected chi connectivity index (χ3v) is 6.39. The Morgan fingerprint density at radius 2 is 1.87 bits per heavy atom. The molecule has 4 aliphatic rings. The van der Waals surface area contributed by atoms with Crippen LogP contribution in [0, 0.1) is 24.2 Å². The summed E-state index contributed by atoms with van der Waals surface area (Å²) < 4.78 is 5.06. The molecule has 126 valence electrons. The van der Waals surface area contributed by atoms with E-state index in [2.05, 4.69) is 39.9 Å². The summed E-state index contributed by atoms with van der Waals surface area (Å²) in [7, 11) is 0. The number of aromatic nitrogens is 2. The van der Waals surface area contributed by atoms with Gasteiger partial charge in [-0.1, -0.05) is 30.7 Å². The number of allylic oxidation sites excluding steroid dienone is 1. The third kappa shape index (κ3) is 2.85. The maximum atomic E-state index is 5.06. The molecule has 2 atom stereocenters. The molecule has 0 amide bonds. The van der Waals surface area contributed by atoms with E-state index < -0.39 is 0 Å². The highest BCUT2D eigenvalue weighted by atomic mass is 16.5. The van der Waals surface area contributed by atoms with E-state index in [9.17, 15) is 0 Å². The lowest BCUT2D eigenvalue weighted by atomic mass is 9.49. The van der Waals surface area contributed by atoms with Gasteiger partial charge < -0.3 is 4.52 Å². The Bertz CT molecular complexity index is 598. The van der Waals surface area contributed by atoms with Gasteiger partial charge in [0.15, 0.2) is 5.82 Å². The quantitative estimate of drug-likeness (QED) is 0.799. The molecule has 23 heavy (non-hydrogen) atoms. The molecule has 2 heterocycles. The van der Waals surface area contributed by atoms with Gasteiger partial charge in [0.25, 0.3) is 0 Å². The fourth-order valence-electron chi connectivity index (χ4n) is 4.63. The van der Waals surface area contributed by atoms with Crippen LogP contribution in [0.3, 0.4) is 0 Å². The first-order chi connectivity index (χ1) is 11.0. The molecule has 5 nitrogen and oxygen atoms in total. The van der Waals surface area contributed by atoms with E-state index in [-0.39, 0.29) is 0 Å². The minimum absolute atomic E-state index is 0.544.